The zero-order valence-electron chi connectivity index (χ0n) is 7.81. The number of aromatic nitrogens is 3. The highest BCUT2D eigenvalue weighted by Gasteiger charge is 2.07. The second-order valence-electron chi connectivity index (χ2n) is 3.28. The van der Waals surface area contributed by atoms with Crippen LogP contribution >= 0.6 is 0 Å². The van der Waals surface area contributed by atoms with Crippen molar-refractivity contribution in [2.24, 2.45) is 0 Å². The summed E-state index contributed by atoms with van der Waals surface area (Å²) in [6.07, 6.45) is 5.24. The number of nitrogens with zero attached hydrogens (tertiary/aromatic N) is 2. The van der Waals surface area contributed by atoms with Crippen molar-refractivity contribution >= 4 is 10.9 Å². The molecule has 0 radical (unpaired) electrons. The van der Waals surface area contributed by atoms with E-state index in [1.54, 1.807) is 29.2 Å². The summed E-state index contributed by atoms with van der Waals surface area (Å²) in [7, 11) is 0. The van der Waals surface area contributed by atoms with Crippen LogP contribution in [0.25, 0.3) is 16.6 Å². The minimum Gasteiger partial charge on any atom is -0.359 e. The number of H-pyrrole nitrogens is 1. The summed E-state index contributed by atoms with van der Waals surface area (Å²) in [6, 6.07) is 6.71. The molecule has 0 atom stereocenters. The molecule has 74 valence electrons. The molecule has 0 aliphatic rings. The first-order chi connectivity index (χ1) is 7.36. The first-order valence-electron chi connectivity index (χ1n) is 4.62. The second-order valence-corrected chi connectivity index (χ2v) is 3.28. The molecule has 0 saturated carbocycles. The molecule has 0 aliphatic heterocycles. The molecule has 1 aromatic carbocycles. The van der Waals surface area contributed by atoms with Gasteiger partial charge in [-0.25, -0.2) is 9.07 Å². The predicted molar refractivity (Wildman–Crippen MR) is 55.4 cm³/mol. The minimum absolute atomic E-state index is 0.220. The molecule has 2 heterocycles. The fourth-order valence-corrected chi connectivity index (χ4v) is 1.71. The van der Waals surface area contributed by atoms with E-state index >= 15 is 0 Å². The smallest absolute Gasteiger partial charge is 0.132 e. The Balaban J connectivity index is 2.37. The number of benzene rings is 1. The Morgan fingerprint density at radius 2 is 2.20 bits per heavy atom. The summed E-state index contributed by atoms with van der Waals surface area (Å²) in [5, 5.41) is 4.71. The van der Waals surface area contributed by atoms with Gasteiger partial charge in [-0.05, 0) is 24.3 Å². The van der Waals surface area contributed by atoms with Gasteiger partial charge in [0.2, 0.25) is 0 Å². The van der Waals surface area contributed by atoms with Gasteiger partial charge >= 0.3 is 0 Å². The Hall–Kier alpha value is -2.10. The van der Waals surface area contributed by atoms with E-state index in [1.807, 2.05) is 12.3 Å². The molecule has 0 amide bonds. The summed E-state index contributed by atoms with van der Waals surface area (Å²) < 4.78 is 15.1. The van der Waals surface area contributed by atoms with Gasteiger partial charge in [-0.15, -0.1) is 0 Å². The fourth-order valence-electron chi connectivity index (χ4n) is 1.71. The highest BCUT2D eigenvalue weighted by Crippen LogP contribution is 2.22. The Morgan fingerprint density at radius 1 is 1.27 bits per heavy atom. The van der Waals surface area contributed by atoms with Gasteiger partial charge in [0.05, 0.1) is 11.2 Å². The van der Waals surface area contributed by atoms with Gasteiger partial charge in [0.25, 0.3) is 0 Å². The molecule has 3 aromatic rings. The van der Waals surface area contributed by atoms with E-state index in [0.717, 1.165) is 11.2 Å². The molecular formula is C11H8FN3. The van der Waals surface area contributed by atoms with Gasteiger partial charge in [0.15, 0.2) is 0 Å². The summed E-state index contributed by atoms with van der Waals surface area (Å²) in [4.78, 5) is 3.02. The van der Waals surface area contributed by atoms with E-state index in [9.17, 15) is 4.39 Å². The molecular weight excluding hydrogens is 193 g/mol. The van der Waals surface area contributed by atoms with E-state index in [-0.39, 0.29) is 5.82 Å². The third-order valence-corrected chi connectivity index (χ3v) is 2.40. The van der Waals surface area contributed by atoms with Gasteiger partial charge < -0.3 is 4.98 Å². The topological polar surface area (TPSA) is 33.6 Å². The normalized spacial score (nSPS) is 11.0. The molecule has 0 bridgehead atoms. The fraction of sp³-hybridized carbons (Fsp3) is 0. The monoisotopic (exact) mass is 201 g/mol. The van der Waals surface area contributed by atoms with E-state index < -0.39 is 0 Å². The number of hydrogen-bond donors (Lipinski definition) is 1. The van der Waals surface area contributed by atoms with Crippen molar-refractivity contribution in [2.45, 2.75) is 0 Å². The SMILES string of the molecule is Fc1ccc(-n2cccn2)c2[nH]ccc12. The maximum Gasteiger partial charge on any atom is 0.132 e. The molecule has 0 aliphatic carbocycles. The lowest BCUT2D eigenvalue weighted by molar-refractivity contribution is 0.639. The zero-order chi connectivity index (χ0) is 10.3. The summed E-state index contributed by atoms with van der Waals surface area (Å²) in [6.45, 7) is 0. The van der Waals surface area contributed by atoms with Crippen molar-refractivity contribution in [2.75, 3.05) is 0 Å². The lowest BCUT2D eigenvalue weighted by Crippen LogP contribution is -1.95. The van der Waals surface area contributed by atoms with Crippen molar-refractivity contribution in [1.82, 2.24) is 14.8 Å². The van der Waals surface area contributed by atoms with Crippen molar-refractivity contribution in [1.29, 1.82) is 0 Å². The Morgan fingerprint density at radius 3 is 3.00 bits per heavy atom. The standard InChI is InChI=1S/C11H8FN3/c12-9-2-3-10(15-7-1-5-14-15)11-8(9)4-6-13-11/h1-7,13H. The molecule has 0 fully saturated rings. The van der Waals surface area contributed by atoms with Crippen molar-refractivity contribution in [3.8, 4) is 5.69 Å². The van der Waals surface area contributed by atoms with Crippen LogP contribution in [0.5, 0.6) is 0 Å². The highest BCUT2D eigenvalue weighted by molar-refractivity contribution is 5.87. The number of rotatable bonds is 1. The van der Waals surface area contributed by atoms with Crippen LogP contribution in [-0.2, 0) is 0 Å². The van der Waals surface area contributed by atoms with Gasteiger partial charge in [-0.3, -0.25) is 0 Å². The van der Waals surface area contributed by atoms with E-state index in [2.05, 4.69) is 10.1 Å². The van der Waals surface area contributed by atoms with Crippen LogP contribution in [0.1, 0.15) is 0 Å². The third kappa shape index (κ3) is 1.15. The summed E-state index contributed by atoms with van der Waals surface area (Å²) >= 11 is 0. The van der Waals surface area contributed by atoms with Crippen LogP contribution in [0.3, 0.4) is 0 Å². The molecule has 0 saturated heterocycles. The number of hydrogen-bond acceptors (Lipinski definition) is 1. The minimum atomic E-state index is -0.220. The van der Waals surface area contributed by atoms with Crippen LogP contribution < -0.4 is 0 Å². The lowest BCUT2D eigenvalue weighted by atomic mass is 10.2. The maximum absolute atomic E-state index is 13.4. The maximum atomic E-state index is 13.4. The molecule has 2 aromatic heterocycles. The second kappa shape index (κ2) is 2.95. The van der Waals surface area contributed by atoms with Crippen LogP contribution in [0, 0.1) is 5.82 Å². The third-order valence-electron chi connectivity index (χ3n) is 2.40. The first kappa shape index (κ1) is 8.23. The molecule has 4 heteroatoms. The largest absolute Gasteiger partial charge is 0.359 e. The number of halogens is 1. The van der Waals surface area contributed by atoms with Gasteiger partial charge in [-0.2, -0.15) is 5.10 Å². The van der Waals surface area contributed by atoms with Crippen LogP contribution in [-0.4, -0.2) is 14.8 Å². The summed E-state index contributed by atoms with van der Waals surface area (Å²) in [5.41, 5.74) is 1.61. The van der Waals surface area contributed by atoms with Crippen molar-refractivity contribution < 1.29 is 4.39 Å². The molecule has 1 N–H and O–H groups in total. The predicted octanol–water partition coefficient (Wildman–Crippen LogP) is 2.49. The molecule has 0 spiro atoms. The van der Waals surface area contributed by atoms with Crippen molar-refractivity contribution in [3.05, 3.63) is 48.7 Å². The van der Waals surface area contributed by atoms with Gasteiger partial charge in [0.1, 0.15) is 5.82 Å². The van der Waals surface area contributed by atoms with Gasteiger partial charge in [0, 0.05) is 24.0 Å². The van der Waals surface area contributed by atoms with Crippen LogP contribution in [0.2, 0.25) is 0 Å². The van der Waals surface area contributed by atoms with E-state index in [0.29, 0.717) is 5.39 Å². The first-order valence-corrected chi connectivity index (χ1v) is 4.62. The number of fused-ring (bicyclic) bond motifs is 1. The van der Waals surface area contributed by atoms with E-state index in [1.165, 1.54) is 6.07 Å². The molecule has 3 rings (SSSR count). The Kier molecular flexibility index (Phi) is 1.62. The molecule has 15 heavy (non-hydrogen) atoms. The van der Waals surface area contributed by atoms with Crippen LogP contribution in [0.15, 0.2) is 42.9 Å². The average molecular weight is 201 g/mol. The highest BCUT2D eigenvalue weighted by atomic mass is 19.1. The van der Waals surface area contributed by atoms with E-state index in [4.69, 9.17) is 0 Å². The molecule has 0 unspecified atom stereocenters. The zero-order valence-corrected chi connectivity index (χ0v) is 7.81. The number of aromatic amines is 1. The number of nitrogens with one attached hydrogen (secondary N) is 1. The molecule has 3 nitrogen and oxygen atoms in total. The average Bonchev–Trinajstić information content (AvgIpc) is 2.88. The summed E-state index contributed by atoms with van der Waals surface area (Å²) in [5.74, 6) is -0.220. The van der Waals surface area contributed by atoms with Gasteiger partial charge in [-0.1, -0.05) is 0 Å². The van der Waals surface area contributed by atoms with Crippen molar-refractivity contribution in [3.63, 3.8) is 0 Å². The lowest BCUT2D eigenvalue weighted by Gasteiger charge is -2.03. The quantitative estimate of drug-likeness (QED) is 0.644. The Bertz CT molecular complexity index is 595. The Labute approximate surface area is 85.2 Å². The van der Waals surface area contributed by atoms with Crippen LogP contribution in [0.4, 0.5) is 4.39 Å².